The van der Waals surface area contributed by atoms with Crippen molar-refractivity contribution in [1.82, 2.24) is 4.72 Å². The van der Waals surface area contributed by atoms with Gasteiger partial charge in [-0.15, -0.1) is 0 Å². The van der Waals surface area contributed by atoms with Crippen molar-refractivity contribution < 1.29 is 18.3 Å². The summed E-state index contributed by atoms with van der Waals surface area (Å²) in [4.78, 5) is 10.5. The van der Waals surface area contributed by atoms with Crippen LogP contribution in [0.4, 0.5) is 0 Å². The van der Waals surface area contributed by atoms with Gasteiger partial charge in [-0.1, -0.05) is 20.3 Å². The third-order valence-corrected chi connectivity index (χ3v) is 3.52. The van der Waals surface area contributed by atoms with Gasteiger partial charge in [0.25, 0.3) is 0 Å². The smallest absolute Gasteiger partial charge is 0.304 e. The average Bonchev–Trinajstić information content (AvgIpc) is 2.01. The molecule has 0 saturated carbocycles. The fraction of sp³-hybridized carbons (Fsp3) is 0.889. The first-order valence-corrected chi connectivity index (χ1v) is 6.78. The van der Waals surface area contributed by atoms with Crippen LogP contribution >= 0.6 is 0 Å². The van der Waals surface area contributed by atoms with Gasteiger partial charge in [0, 0.05) is 6.04 Å². The zero-order valence-electron chi connectivity index (χ0n) is 9.19. The monoisotopic (exact) mass is 237 g/mol. The lowest BCUT2D eigenvalue weighted by Gasteiger charge is -2.15. The molecule has 0 bridgehead atoms. The van der Waals surface area contributed by atoms with Crippen LogP contribution in [0.5, 0.6) is 0 Å². The van der Waals surface area contributed by atoms with Crippen LogP contribution in [0, 0.1) is 0 Å². The zero-order valence-corrected chi connectivity index (χ0v) is 10.0. The van der Waals surface area contributed by atoms with E-state index in [9.17, 15) is 13.2 Å². The first-order chi connectivity index (χ1) is 6.91. The highest BCUT2D eigenvalue weighted by molar-refractivity contribution is 7.89. The molecule has 0 amide bonds. The maximum absolute atomic E-state index is 11.4. The number of carboxylic acid groups (broad SMARTS) is 1. The summed E-state index contributed by atoms with van der Waals surface area (Å²) in [7, 11) is -3.31. The molecule has 90 valence electrons. The average molecular weight is 237 g/mol. The van der Waals surface area contributed by atoms with Crippen LogP contribution < -0.4 is 4.72 Å². The van der Waals surface area contributed by atoms with Crippen molar-refractivity contribution in [3.63, 3.8) is 0 Å². The van der Waals surface area contributed by atoms with E-state index in [4.69, 9.17) is 5.11 Å². The Balaban J connectivity index is 4.32. The molecule has 0 saturated heterocycles. The number of nitrogens with one attached hydrogen (secondary N) is 1. The van der Waals surface area contributed by atoms with Crippen molar-refractivity contribution in [2.24, 2.45) is 0 Å². The third-order valence-electron chi connectivity index (χ3n) is 1.88. The summed E-state index contributed by atoms with van der Waals surface area (Å²) in [6.07, 6.45) is 1.68. The maximum Gasteiger partial charge on any atom is 0.304 e. The van der Waals surface area contributed by atoms with Crippen LogP contribution in [-0.4, -0.2) is 31.3 Å². The van der Waals surface area contributed by atoms with Crippen molar-refractivity contribution >= 4 is 16.0 Å². The van der Waals surface area contributed by atoms with E-state index in [1.165, 1.54) is 0 Å². The van der Waals surface area contributed by atoms with Gasteiger partial charge in [0.05, 0.1) is 12.2 Å². The minimum Gasteiger partial charge on any atom is -0.481 e. The first kappa shape index (κ1) is 14.4. The summed E-state index contributed by atoms with van der Waals surface area (Å²) in [5.41, 5.74) is 0. The molecule has 5 nitrogen and oxygen atoms in total. The molecule has 0 aromatic heterocycles. The van der Waals surface area contributed by atoms with Gasteiger partial charge in [0.15, 0.2) is 0 Å². The van der Waals surface area contributed by atoms with Gasteiger partial charge in [0.2, 0.25) is 10.0 Å². The van der Waals surface area contributed by atoms with Gasteiger partial charge >= 0.3 is 5.97 Å². The van der Waals surface area contributed by atoms with Gasteiger partial charge in [-0.3, -0.25) is 4.79 Å². The highest BCUT2D eigenvalue weighted by Gasteiger charge is 2.18. The summed E-state index contributed by atoms with van der Waals surface area (Å²) in [5.74, 6) is -0.931. The van der Waals surface area contributed by atoms with Gasteiger partial charge < -0.3 is 5.11 Å². The molecule has 0 aromatic carbocycles. The van der Waals surface area contributed by atoms with Crippen molar-refractivity contribution in [2.75, 3.05) is 5.75 Å². The highest BCUT2D eigenvalue weighted by atomic mass is 32.2. The van der Waals surface area contributed by atoms with E-state index in [-0.39, 0.29) is 12.2 Å². The molecule has 0 aliphatic rings. The Kier molecular flexibility index (Phi) is 6.51. The lowest BCUT2D eigenvalue weighted by atomic mass is 10.1. The van der Waals surface area contributed by atoms with Crippen LogP contribution in [0.2, 0.25) is 0 Å². The van der Waals surface area contributed by atoms with Crippen molar-refractivity contribution in [1.29, 1.82) is 0 Å². The van der Waals surface area contributed by atoms with E-state index < -0.39 is 22.0 Å². The van der Waals surface area contributed by atoms with Crippen molar-refractivity contribution in [3.8, 4) is 0 Å². The number of aliphatic carboxylic acids is 1. The van der Waals surface area contributed by atoms with Gasteiger partial charge in [-0.2, -0.15) is 0 Å². The van der Waals surface area contributed by atoms with Crippen LogP contribution in [0.15, 0.2) is 0 Å². The summed E-state index contributed by atoms with van der Waals surface area (Å²) >= 11 is 0. The van der Waals surface area contributed by atoms with Gasteiger partial charge in [-0.25, -0.2) is 13.1 Å². The minimum absolute atomic E-state index is 0.0484. The Labute approximate surface area is 90.9 Å². The van der Waals surface area contributed by atoms with Crippen molar-refractivity contribution in [2.45, 2.75) is 45.6 Å². The molecule has 0 heterocycles. The molecule has 1 atom stereocenters. The number of hydrogen-bond donors (Lipinski definition) is 2. The first-order valence-electron chi connectivity index (χ1n) is 5.13. The largest absolute Gasteiger partial charge is 0.481 e. The van der Waals surface area contributed by atoms with E-state index in [0.29, 0.717) is 12.8 Å². The highest BCUT2D eigenvalue weighted by Crippen LogP contribution is 2.04. The predicted octanol–water partition coefficient (Wildman–Crippen LogP) is 0.959. The molecule has 0 aromatic rings. The molecule has 0 fully saturated rings. The van der Waals surface area contributed by atoms with Gasteiger partial charge in [0.1, 0.15) is 0 Å². The Hall–Kier alpha value is -0.620. The fourth-order valence-electron chi connectivity index (χ4n) is 1.34. The number of hydrogen-bond acceptors (Lipinski definition) is 3. The number of rotatable bonds is 8. The van der Waals surface area contributed by atoms with Gasteiger partial charge in [-0.05, 0) is 12.8 Å². The van der Waals surface area contributed by atoms with Crippen LogP contribution in [-0.2, 0) is 14.8 Å². The predicted molar refractivity (Wildman–Crippen MR) is 58.2 cm³/mol. The zero-order chi connectivity index (χ0) is 11.9. The topological polar surface area (TPSA) is 83.5 Å². The van der Waals surface area contributed by atoms with E-state index in [1.807, 2.05) is 6.92 Å². The summed E-state index contributed by atoms with van der Waals surface area (Å²) < 4.78 is 25.2. The molecule has 6 heteroatoms. The molecule has 2 N–H and O–H groups in total. The summed E-state index contributed by atoms with van der Waals surface area (Å²) in [6, 6.07) is -0.482. The minimum atomic E-state index is -3.31. The number of sulfonamides is 1. The third kappa shape index (κ3) is 7.33. The SMILES string of the molecule is CCCC(CC(=O)O)NS(=O)(=O)CCC. The second-order valence-electron chi connectivity index (χ2n) is 3.52. The number of carbonyl (C=O) groups is 1. The van der Waals surface area contributed by atoms with Crippen molar-refractivity contribution in [3.05, 3.63) is 0 Å². The van der Waals surface area contributed by atoms with E-state index in [0.717, 1.165) is 6.42 Å². The molecular formula is C9H19NO4S. The van der Waals surface area contributed by atoms with Crippen LogP contribution in [0.25, 0.3) is 0 Å². The second-order valence-corrected chi connectivity index (χ2v) is 5.39. The molecule has 0 aliphatic carbocycles. The van der Waals surface area contributed by atoms with E-state index in [2.05, 4.69) is 4.72 Å². The lowest BCUT2D eigenvalue weighted by molar-refractivity contribution is -0.137. The van der Waals surface area contributed by atoms with Crippen LogP contribution in [0.1, 0.15) is 39.5 Å². The molecule has 0 aliphatic heterocycles. The Morgan fingerprint density at radius 2 is 1.93 bits per heavy atom. The normalized spacial score (nSPS) is 13.7. The maximum atomic E-state index is 11.4. The molecular weight excluding hydrogens is 218 g/mol. The summed E-state index contributed by atoms with van der Waals surface area (Å²) in [5, 5.41) is 8.60. The van der Waals surface area contributed by atoms with E-state index >= 15 is 0 Å². The van der Waals surface area contributed by atoms with Crippen LogP contribution in [0.3, 0.4) is 0 Å². The molecule has 0 radical (unpaired) electrons. The summed E-state index contributed by atoms with van der Waals surface area (Å²) in [6.45, 7) is 3.66. The molecule has 0 rings (SSSR count). The Bertz CT molecular complexity index is 286. The Morgan fingerprint density at radius 3 is 2.33 bits per heavy atom. The quantitative estimate of drug-likeness (QED) is 0.658. The Morgan fingerprint density at radius 1 is 1.33 bits per heavy atom. The standard InChI is InChI=1S/C9H19NO4S/c1-3-5-8(7-9(11)12)10-15(13,14)6-4-2/h8,10H,3-7H2,1-2H3,(H,11,12). The molecule has 1 unspecified atom stereocenters. The number of carboxylic acids is 1. The molecule has 0 spiro atoms. The van der Waals surface area contributed by atoms with E-state index in [1.54, 1.807) is 6.92 Å². The fourth-order valence-corrected chi connectivity index (χ4v) is 2.71. The molecule has 15 heavy (non-hydrogen) atoms. The second kappa shape index (κ2) is 6.79. The lowest BCUT2D eigenvalue weighted by Crippen LogP contribution is -2.37.